The second-order valence-corrected chi connectivity index (χ2v) is 9.92. The minimum absolute atomic E-state index is 0.301. The van der Waals surface area contributed by atoms with E-state index in [4.69, 9.17) is 9.15 Å². The fraction of sp³-hybridized carbons (Fsp3) is 0.250. The number of esters is 1. The molecule has 41 heavy (non-hydrogen) atoms. The second-order valence-electron chi connectivity index (χ2n) is 9.92. The Balaban J connectivity index is 1.26. The van der Waals surface area contributed by atoms with E-state index in [1.165, 1.54) is 12.1 Å². The van der Waals surface area contributed by atoms with E-state index in [1.54, 1.807) is 44.2 Å². The quantitative estimate of drug-likeness (QED) is 0.240. The van der Waals surface area contributed by atoms with Crippen LogP contribution in [0.4, 0.5) is 18.9 Å². The Morgan fingerprint density at radius 1 is 0.976 bits per heavy atom. The molecule has 1 aromatic heterocycles. The van der Waals surface area contributed by atoms with Crippen molar-refractivity contribution in [2.24, 2.45) is 0 Å². The molecule has 2 heterocycles. The van der Waals surface area contributed by atoms with Gasteiger partial charge in [0.2, 0.25) is 0 Å². The number of fused-ring (bicyclic) bond motifs is 1. The molecule has 0 fully saturated rings. The van der Waals surface area contributed by atoms with Crippen molar-refractivity contribution in [1.82, 2.24) is 4.90 Å². The van der Waals surface area contributed by atoms with Crippen LogP contribution in [0.3, 0.4) is 0 Å². The van der Waals surface area contributed by atoms with Crippen LogP contribution in [0.1, 0.15) is 55.9 Å². The summed E-state index contributed by atoms with van der Waals surface area (Å²) in [6, 6.07) is 19.2. The Hall–Kier alpha value is -4.37. The maximum absolute atomic E-state index is 13.2. The van der Waals surface area contributed by atoms with Crippen LogP contribution in [0, 0.1) is 6.92 Å². The first-order chi connectivity index (χ1) is 19.6. The Labute approximate surface area is 235 Å². The van der Waals surface area contributed by atoms with Crippen molar-refractivity contribution in [3.63, 3.8) is 0 Å². The van der Waals surface area contributed by atoms with Crippen molar-refractivity contribution in [2.45, 2.75) is 39.5 Å². The van der Waals surface area contributed by atoms with Crippen LogP contribution in [-0.2, 0) is 30.4 Å². The molecule has 3 aromatic carbocycles. The summed E-state index contributed by atoms with van der Waals surface area (Å²) in [7, 11) is 0. The van der Waals surface area contributed by atoms with Gasteiger partial charge < -0.3 is 14.5 Å². The third-order valence-corrected chi connectivity index (χ3v) is 7.09. The molecule has 0 unspecified atom stereocenters. The number of nitrogens with one attached hydrogen (secondary N) is 1. The zero-order chi connectivity index (χ0) is 29.1. The molecule has 0 bridgehead atoms. The molecule has 0 aliphatic carbocycles. The van der Waals surface area contributed by atoms with Crippen LogP contribution in [-0.4, -0.2) is 29.9 Å². The lowest BCUT2D eigenvalue weighted by atomic mass is 9.97. The van der Waals surface area contributed by atoms with Gasteiger partial charge in [-0.05, 0) is 78.9 Å². The first-order valence-electron chi connectivity index (χ1n) is 13.3. The van der Waals surface area contributed by atoms with Crippen molar-refractivity contribution < 1.29 is 31.9 Å². The molecule has 1 N–H and O–H groups in total. The van der Waals surface area contributed by atoms with Gasteiger partial charge in [-0.1, -0.05) is 36.4 Å². The van der Waals surface area contributed by atoms with Crippen LogP contribution in [0.15, 0.2) is 77.2 Å². The van der Waals surface area contributed by atoms with Gasteiger partial charge in [0.1, 0.15) is 17.1 Å². The number of nitrogens with zero attached hydrogens (tertiary/aromatic N) is 1. The summed E-state index contributed by atoms with van der Waals surface area (Å²) in [5.41, 5.74) is 4.04. The van der Waals surface area contributed by atoms with Gasteiger partial charge in [-0.15, -0.1) is 0 Å². The lowest BCUT2D eigenvalue weighted by Crippen LogP contribution is -2.30. The summed E-state index contributed by atoms with van der Waals surface area (Å²) in [5, 5.41) is 2.94. The molecular weight excluding hydrogens is 533 g/mol. The molecule has 0 saturated carbocycles. The molecule has 1 aliphatic rings. The van der Waals surface area contributed by atoms with Crippen molar-refractivity contribution in [2.75, 3.05) is 18.5 Å². The molecule has 9 heteroatoms. The molecule has 4 aromatic rings. The standard InChI is InChI=1S/C32H29F3N2O4/c1-3-40-31(39)29-17-26(41-20(29)2)19-37-15-14-22-16-25(13-10-23(22)18-37)36-30(38)28-7-5-4-6-27(28)21-8-11-24(12-9-21)32(33,34)35/h4-13,16-17H,3,14-15,18-19H2,1-2H3,(H,36,38). The monoisotopic (exact) mass is 562 g/mol. The van der Waals surface area contributed by atoms with E-state index in [0.717, 1.165) is 36.2 Å². The number of rotatable bonds is 7. The SMILES string of the molecule is CCOC(=O)c1cc(CN2CCc3cc(NC(=O)c4ccccc4-c4ccc(C(F)(F)F)cc4)ccc3C2)oc1C. The number of alkyl halides is 3. The highest BCUT2D eigenvalue weighted by Crippen LogP contribution is 2.32. The van der Waals surface area contributed by atoms with E-state index >= 15 is 0 Å². The lowest BCUT2D eigenvalue weighted by molar-refractivity contribution is -0.137. The topological polar surface area (TPSA) is 71.8 Å². The molecule has 1 aliphatic heterocycles. The summed E-state index contributed by atoms with van der Waals surface area (Å²) in [6.45, 7) is 5.83. The molecular formula is C32H29F3N2O4. The normalized spacial score (nSPS) is 13.5. The van der Waals surface area contributed by atoms with Gasteiger partial charge in [0.15, 0.2) is 0 Å². The molecule has 0 spiro atoms. The maximum Gasteiger partial charge on any atom is 0.416 e. The second kappa shape index (κ2) is 11.6. The lowest BCUT2D eigenvalue weighted by Gasteiger charge is -2.28. The predicted molar refractivity (Wildman–Crippen MR) is 148 cm³/mol. The van der Waals surface area contributed by atoms with Gasteiger partial charge in [0.05, 0.1) is 18.7 Å². The Morgan fingerprint density at radius 2 is 1.73 bits per heavy atom. The van der Waals surface area contributed by atoms with Crippen molar-refractivity contribution in [3.8, 4) is 11.1 Å². The average molecular weight is 563 g/mol. The van der Waals surface area contributed by atoms with E-state index in [2.05, 4.69) is 10.2 Å². The Morgan fingerprint density at radius 3 is 2.46 bits per heavy atom. The number of aryl methyl sites for hydroxylation is 1. The number of amides is 1. The number of carbonyl (C=O) groups is 2. The van der Waals surface area contributed by atoms with Crippen molar-refractivity contribution in [1.29, 1.82) is 0 Å². The number of furan rings is 1. The van der Waals surface area contributed by atoms with E-state index in [-0.39, 0.29) is 11.9 Å². The highest BCUT2D eigenvalue weighted by molar-refractivity contribution is 6.08. The highest BCUT2D eigenvalue weighted by atomic mass is 19.4. The minimum Gasteiger partial charge on any atom is -0.464 e. The minimum atomic E-state index is -4.43. The Bertz CT molecular complexity index is 1570. The van der Waals surface area contributed by atoms with Gasteiger partial charge >= 0.3 is 12.1 Å². The molecule has 0 atom stereocenters. The summed E-state index contributed by atoms with van der Waals surface area (Å²) >= 11 is 0. The summed E-state index contributed by atoms with van der Waals surface area (Å²) < 4.78 is 49.9. The van der Waals surface area contributed by atoms with E-state index in [9.17, 15) is 22.8 Å². The van der Waals surface area contributed by atoms with E-state index < -0.39 is 11.7 Å². The van der Waals surface area contributed by atoms with Gasteiger partial charge in [0, 0.05) is 24.3 Å². The molecule has 5 rings (SSSR count). The van der Waals surface area contributed by atoms with Crippen molar-refractivity contribution >= 4 is 17.6 Å². The van der Waals surface area contributed by atoms with Crippen LogP contribution < -0.4 is 5.32 Å². The highest BCUT2D eigenvalue weighted by Gasteiger charge is 2.30. The summed E-state index contributed by atoms with van der Waals surface area (Å²) in [6.07, 6.45) is -3.66. The van der Waals surface area contributed by atoms with Crippen LogP contribution in [0.5, 0.6) is 0 Å². The smallest absolute Gasteiger partial charge is 0.416 e. The van der Waals surface area contributed by atoms with Gasteiger partial charge in [-0.25, -0.2) is 4.79 Å². The van der Waals surface area contributed by atoms with Crippen LogP contribution >= 0.6 is 0 Å². The van der Waals surface area contributed by atoms with E-state index in [0.29, 0.717) is 59.2 Å². The number of hydrogen-bond acceptors (Lipinski definition) is 5. The first-order valence-corrected chi connectivity index (χ1v) is 13.3. The third-order valence-electron chi connectivity index (χ3n) is 7.09. The third kappa shape index (κ3) is 6.36. The zero-order valence-corrected chi connectivity index (χ0v) is 22.7. The molecule has 0 radical (unpaired) electrons. The number of halogens is 3. The number of hydrogen-bond donors (Lipinski definition) is 1. The van der Waals surface area contributed by atoms with Crippen LogP contribution in [0.2, 0.25) is 0 Å². The predicted octanol–water partition coefficient (Wildman–Crippen LogP) is 7.26. The maximum atomic E-state index is 13.2. The number of carbonyl (C=O) groups excluding carboxylic acids is 2. The van der Waals surface area contributed by atoms with Gasteiger partial charge in [0.25, 0.3) is 5.91 Å². The van der Waals surface area contributed by atoms with Gasteiger partial charge in [-0.2, -0.15) is 13.2 Å². The Kier molecular flexibility index (Phi) is 7.99. The summed E-state index contributed by atoms with van der Waals surface area (Å²) in [5.74, 6) is 0.504. The fourth-order valence-electron chi connectivity index (χ4n) is 5.05. The average Bonchev–Trinajstić information content (AvgIpc) is 3.32. The zero-order valence-electron chi connectivity index (χ0n) is 22.7. The first kappa shape index (κ1) is 28.2. The van der Waals surface area contributed by atoms with E-state index in [1.807, 2.05) is 18.2 Å². The van der Waals surface area contributed by atoms with Gasteiger partial charge in [-0.3, -0.25) is 9.69 Å². The number of ether oxygens (including phenoxy) is 1. The van der Waals surface area contributed by atoms with Crippen molar-refractivity contribution in [3.05, 3.63) is 112 Å². The summed E-state index contributed by atoms with van der Waals surface area (Å²) in [4.78, 5) is 27.6. The number of anilines is 1. The number of benzene rings is 3. The molecule has 212 valence electrons. The van der Waals surface area contributed by atoms with Crippen LogP contribution in [0.25, 0.3) is 11.1 Å². The molecule has 0 saturated heterocycles. The molecule has 6 nitrogen and oxygen atoms in total. The largest absolute Gasteiger partial charge is 0.464 e. The fourth-order valence-corrected chi connectivity index (χ4v) is 5.05. The molecule has 1 amide bonds.